The van der Waals surface area contributed by atoms with Crippen molar-refractivity contribution in [2.24, 2.45) is 11.8 Å². The Hall–Kier alpha value is -0.120. The maximum Gasteiger partial charge on any atom is 0.0471 e. The zero-order chi connectivity index (χ0) is 10.8. The fraction of sp³-hybridized carbons (Fsp3) is 1.00. The molecule has 2 N–H and O–H groups in total. The average Bonchev–Trinajstić information content (AvgIpc) is 2.29. The van der Waals surface area contributed by atoms with E-state index in [0.29, 0.717) is 18.0 Å². The van der Waals surface area contributed by atoms with Crippen molar-refractivity contribution in [2.45, 2.75) is 38.8 Å². The minimum Gasteiger partial charge on any atom is -0.396 e. The Morgan fingerprint density at radius 3 is 2.47 bits per heavy atom. The van der Waals surface area contributed by atoms with E-state index in [0.717, 1.165) is 5.92 Å². The number of aliphatic hydroxyl groups excluding tert-OH is 1. The standard InChI is InChI=1S/C12H24N2O/c1-9(8-15)10(2)13-12-7-14-5-3-11(12)4-6-14/h9-13,15H,3-8H2,1-2H3. The largest absolute Gasteiger partial charge is 0.396 e. The molecule has 3 heterocycles. The van der Waals surface area contributed by atoms with E-state index in [9.17, 15) is 0 Å². The average molecular weight is 212 g/mol. The van der Waals surface area contributed by atoms with Gasteiger partial charge in [-0.1, -0.05) is 6.92 Å². The van der Waals surface area contributed by atoms with Crippen molar-refractivity contribution in [2.75, 3.05) is 26.2 Å². The van der Waals surface area contributed by atoms with E-state index in [4.69, 9.17) is 5.11 Å². The molecule has 0 aromatic heterocycles. The van der Waals surface area contributed by atoms with Gasteiger partial charge in [0, 0.05) is 25.2 Å². The van der Waals surface area contributed by atoms with E-state index in [1.165, 1.54) is 32.5 Å². The summed E-state index contributed by atoms with van der Waals surface area (Å²) in [6.07, 6.45) is 2.72. The molecular formula is C12H24N2O. The lowest BCUT2D eigenvalue weighted by Crippen LogP contribution is -2.58. The molecule has 0 radical (unpaired) electrons. The molecule has 0 aromatic carbocycles. The molecule has 0 aliphatic carbocycles. The lowest BCUT2D eigenvalue weighted by Gasteiger charge is -2.46. The van der Waals surface area contributed by atoms with Crippen LogP contribution in [0.4, 0.5) is 0 Å². The van der Waals surface area contributed by atoms with Crippen LogP contribution in [-0.2, 0) is 0 Å². The Morgan fingerprint density at radius 1 is 1.33 bits per heavy atom. The SMILES string of the molecule is CC(CO)C(C)NC1CN2CCC1CC2. The second kappa shape index (κ2) is 4.81. The molecule has 3 nitrogen and oxygen atoms in total. The van der Waals surface area contributed by atoms with Crippen molar-refractivity contribution < 1.29 is 5.11 Å². The first kappa shape index (κ1) is 11.4. The molecule has 3 heteroatoms. The van der Waals surface area contributed by atoms with Gasteiger partial charge < -0.3 is 15.3 Å². The molecule has 0 spiro atoms. The molecule has 3 unspecified atom stereocenters. The zero-order valence-electron chi connectivity index (χ0n) is 9.95. The third kappa shape index (κ3) is 2.52. The molecule has 3 fully saturated rings. The number of aliphatic hydroxyl groups is 1. The van der Waals surface area contributed by atoms with Gasteiger partial charge in [0.25, 0.3) is 0 Å². The Balaban J connectivity index is 1.84. The third-order valence-corrected chi connectivity index (χ3v) is 4.27. The second-order valence-electron chi connectivity index (χ2n) is 5.36. The van der Waals surface area contributed by atoms with Crippen LogP contribution in [-0.4, -0.2) is 48.3 Å². The molecule has 3 aliphatic heterocycles. The highest BCUT2D eigenvalue weighted by Crippen LogP contribution is 2.28. The van der Waals surface area contributed by atoms with Gasteiger partial charge in [0.1, 0.15) is 0 Å². The van der Waals surface area contributed by atoms with Gasteiger partial charge in [-0.15, -0.1) is 0 Å². The number of hydrogen-bond donors (Lipinski definition) is 2. The maximum absolute atomic E-state index is 9.12. The van der Waals surface area contributed by atoms with Crippen LogP contribution >= 0.6 is 0 Å². The predicted octanol–water partition coefficient (Wildman–Crippen LogP) is 0.687. The Kier molecular flexibility index (Phi) is 3.65. The lowest BCUT2D eigenvalue weighted by atomic mass is 9.83. The summed E-state index contributed by atoms with van der Waals surface area (Å²) in [6.45, 7) is 8.40. The van der Waals surface area contributed by atoms with E-state index >= 15 is 0 Å². The molecule has 3 rings (SSSR count). The Labute approximate surface area is 92.8 Å². The molecule has 15 heavy (non-hydrogen) atoms. The fourth-order valence-electron chi connectivity index (χ4n) is 2.81. The second-order valence-corrected chi connectivity index (χ2v) is 5.36. The number of rotatable bonds is 4. The van der Waals surface area contributed by atoms with Crippen LogP contribution in [0.3, 0.4) is 0 Å². The van der Waals surface area contributed by atoms with Gasteiger partial charge in [-0.2, -0.15) is 0 Å². The van der Waals surface area contributed by atoms with Gasteiger partial charge in [-0.3, -0.25) is 0 Å². The van der Waals surface area contributed by atoms with E-state index in [2.05, 4.69) is 24.1 Å². The molecule has 0 saturated carbocycles. The Morgan fingerprint density at radius 2 is 2.00 bits per heavy atom. The van der Waals surface area contributed by atoms with Gasteiger partial charge >= 0.3 is 0 Å². The number of fused-ring (bicyclic) bond motifs is 3. The van der Waals surface area contributed by atoms with Crippen molar-refractivity contribution in [1.82, 2.24) is 10.2 Å². The van der Waals surface area contributed by atoms with Crippen LogP contribution in [0.15, 0.2) is 0 Å². The van der Waals surface area contributed by atoms with Crippen LogP contribution in [0.25, 0.3) is 0 Å². The number of nitrogens with zero attached hydrogens (tertiary/aromatic N) is 1. The summed E-state index contributed by atoms with van der Waals surface area (Å²) in [5.74, 6) is 1.24. The highest BCUT2D eigenvalue weighted by Gasteiger charge is 2.34. The van der Waals surface area contributed by atoms with Crippen LogP contribution < -0.4 is 5.32 Å². The van der Waals surface area contributed by atoms with Gasteiger partial charge in [0.2, 0.25) is 0 Å². The Bertz CT molecular complexity index is 202. The number of piperidine rings is 3. The quantitative estimate of drug-likeness (QED) is 0.719. The smallest absolute Gasteiger partial charge is 0.0471 e. The summed E-state index contributed by atoms with van der Waals surface area (Å²) >= 11 is 0. The molecular weight excluding hydrogens is 188 g/mol. The predicted molar refractivity (Wildman–Crippen MR) is 61.8 cm³/mol. The number of nitrogens with one attached hydrogen (secondary N) is 1. The molecule has 88 valence electrons. The van der Waals surface area contributed by atoms with Crippen LogP contribution in [0, 0.1) is 11.8 Å². The van der Waals surface area contributed by atoms with Crippen molar-refractivity contribution in [3.05, 3.63) is 0 Å². The van der Waals surface area contributed by atoms with Gasteiger partial charge in [0.05, 0.1) is 0 Å². The van der Waals surface area contributed by atoms with Crippen molar-refractivity contribution in [3.63, 3.8) is 0 Å². The minimum atomic E-state index is 0.287. The molecule has 3 saturated heterocycles. The normalized spacial score (nSPS) is 39.0. The first-order chi connectivity index (χ1) is 7.20. The summed E-state index contributed by atoms with van der Waals surface area (Å²) in [6, 6.07) is 1.09. The molecule has 3 atom stereocenters. The summed E-state index contributed by atoms with van der Waals surface area (Å²) in [5.41, 5.74) is 0. The van der Waals surface area contributed by atoms with Crippen molar-refractivity contribution >= 4 is 0 Å². The molecule has 2 bridgehead atoms. The van der Waals surface area contributed by atoms with Crippen molar-refractivity contribution in [3.8, 4) is 0 Å². The zero-order valence-corrected chi connectivity index (χ0v) is 9.95. The first-order valence-electron chi connectivity index (χ1n) is 6.30. The van der Waals surface area contributed by atoms with Crippen LogP contribution in [0.2, 0.25) is 0 Å². The van der Waals surface area contributed by atoms with Crippen LogP contribution in [0.1, 0.15) is 26.7 Å². The van der Waals surface area contributed by atoms with Gasteiger partial charge in [0.15, 0.2) is 0 Å². The topological polar surface area (TPSA) is 35.5 Å². The summed E-state index contributed by atoms with van der Waals surface area (Å²) in [7, 11) is 0. The van der Waals surface area contributed by atoms with E-state index < -0.39 is 0 Å². The summed E-state index contributed by atoms with van der Waals surface area (Å²) in [4.78, 5) is 2.56. The first-order valence-corrected chi connectivity index (χ1v) is 6.30. The van der Waals surface area contributed by atoms with E-state index in [1.807, 2.05) is 0 Å². The van der Waals surface area contributed by atoms with Crippen LogP contribution in [0.5, 0.6) is 0 Å². The van der Waals surface area contributed by atoms with Gasteiger partial charge in [-0.05, 0) is 44.7 Å². The van der Waals surface area contributed by atoms with Gasteiger partial charge in [-0.25, -0.2) is 0 Å². The van der Waals surface area contributed by atoms with E-state index in [-0.39, 0.29) is 6.61 Å². The summed E-state index contributed by atoms with van der Waals surface area (Å²) < 4.78 is 0. The third-order valence-electron chi connectivity index (χ3n) is 4.27. The lowest BCUT2D eigenvalue weighted by molar-refractivity contribution is 0.0612. The molecule has 3 aliphatic rings. The highest BCUT2D eigenvalue weighted by molar-refractivity contribution is 4.92. The van der Waals surface area contributed by atoms with E-state index in [1.54, 1.807) is 0 Å². The maximum atomic E-state index is 9.12. The highest BCUT2D eigenvalue weighted by atomic mass is 16.3. The summed E-state index contributed by atoms with van der Waals surface area (Å²) in [5, 5.41) is 12.8. The monoisotopic (exact) mass is 212 g/mol. The fourth-order valence-corrected chi connectivity index (χ4v) is 2.81. The molecule has 0 aromatic rings. The van der Waals surface area contributed by atoms with Crippen molar-refractivity contribution in [1.29, 1.82) is 0 Å². The number of hydrogen-bond acceptors (Lipinski definition) is 3. The minimum absolute atomic E-state index is 0.287. The molecule has 0 amide bonds.